The summed E-state index contributed by atoms with van der Waals surface area (Å²) >= 11 is 3.40. The lowest BCUT2D eigenvalue weighted by Crippen LogP contribution is -2.52. The average molecular weight is 433 g/mol. The van der Waals surface area contributed by atoms with E-state index in [1.165, 1.54) is 7.11 Å². The van der Waals surface area contributed by atoms with Gasteiger partial charge in [-0.25, -0.2) is 9.59 Å². The van der Waals surface area contributed by atoms with Crippen molar-refractivity contribution in [3.05, 3.63) is 58.6 Å². The standard InChI is InChI=1S/C20H21BrN2O4/c1-20(18(24)27-3,14-5-4-6-17(13-14)26-2)23-12-11-22(19(23)25)16-9-7-15(21)8-10-16/h4-10,13H,11-12H2,1-3H3. The van der Waals surface area contributed by atoms with Crippen molar-refractivity contribution >= 4 is 33.6 Å². The zero-order valence-electron chi connectivity index (χ0n) is 15.4. The molecule has 2 aromatic rings. The Bertz CT molecular complexity index is 855. The molecule has 2 amide bonds. The number of ether oxygens (including phenoxy) is 2. The minimum atomic E-state index is -1.26. The minimum Gasteiger partial charge on any atom is -0.497 e. The van der Waals surface area contributed by atoms with E-state index in [1.807, 2.05) is 24.3 Å². The first-order chi connectivity index (χ1) is 12.9. The molecule has 0 radical (unpaired) electrons. The van der Waals surface area contributed by atoms with Crippen LogP contribution in [-0.2, 0) is 15.1 Å². The first kappa shape index (κ1) is 19.2. The molecule has 3 rings (SSSR count). The van der Waals surface area contributed by atoms with Gasteiger partial charge >= 0.3 is 12.0 Å². The zero-order valence-corrected chi connectivity index (χ0v) is 17.0. The molecule has 1 fully saturated rings. The summed E-state index contributed by atoms with van der Waals surface area (Å²) in [6, 6.07) is 14.4. The van der Waals surface area contributed by atoms with Gasteiger partial charge in [0.1, 0.15) is 5.75 Å². The number of benzene rings is 2. The summed E-state index contributed by atoms with van der Waals surface area (Å²) in [4.78, 5) is 29.2. The third-order valence-corrected chi connectivity index (χ3v) is 5.43. The number of amides is 2. The van der Waals surface area contributed by atoms with E-state index < -0.39 is 11.5 Å². The molecule has 1 heterocycles. The van der Waals surface area contributed by atoms with Crippen LogP contribution < -0.4 is 9.64 Å². The van der Waals surface area contributed by atoms with Gasteiger partial charge in [0.2, 0.25) is 0 Å². The second kappa shape index (κ2) is 7.60. The summed E-state index contributed by atoms with van der Waals surface area (Å²) in [5.74, 6) is 0.112. The van der Waals surface area contributed by atoms with Crippen molar-refractivity contribution in [1.29, 1.82) is 0 Å². The molecule has 1 unspecified atom stereocenters. The number of carbonyl (C=O) groups is 2. The highest BCUT2D eigenvalue weighted by Crippen LogP contribution is 2.36. The summed E-state index contributed by atoms with van der Waals surface area (Å²) < 4.78 is 11.3. The van der Waals surface area contributed by atoms with Crippen LogP contribution in [0.1, 0.15) is 12.5 Å². The lowest BCUT2D eigenvalue weighted by Gasteiger charge is -2.36. The molecule has 1 atom stereocenters. The maximum atomic E-state index is 13.2. The van der Waals surface area contributed by atoms with Crippen LogP contribution in [-0.4, -0.2) is 44.2 Å². The minimum absolute atomic E-state index is 0.243. The molecule has 1 saturated heterocycles. The summed E-state index contributed by atoms with van der Waals surface area (Å²) in [6.07, 6.45) is 0. The van der Waals surface area contributed by atoms with Crippen molar-refractivity contribution in [2.45, 2.75) is 12.5 Å². The quantitative estimate of drug-likeness (QED) is 0.674. The lowest BCUT2D eigenvalue weighted by atomic mass is 9.90. The van der Waals surface area contributed by atoms with Gasteiger partial charge in [0.25, 0.3) is 0 Å². The number of rotatable bonds is 5. The van der Waals surface area contributed by atoms with Crippen molar-refractivity contribution in [1.82, 2.24) is 4.90 Å². The van der Waals surface area contributed by atoms with Gasteiger partial charge < -0.3 is 14.4 Å². The summed E-state index contributed by atoms with van der Waals surface area (Å²) in [7, 11) is 2.89. The predicted octanol–water partition coefficient (Wildman–Crippen LogP) is 3.79. The molecule has 1 aliphatic rings. The first-order valence-corrected chi connectivity index (χ1v) is 9.28. The largest absolute Gasteiger partial charge is 0.497 e. The second-order valence-corrected chi connectivity index (χ2v) is 7.27. The third-order valence-electron chi connectivity index (χ3n) is 4.90. The third kappa shape index (κ3) is 3.39. The zero-order chi connectivity index (χ0) is 19.6. The van der Waals surface area contributed by atoms with Crippen LogP contribution in [0.4, 0.5) is 10.5 Å². The molecule has 2 aromatic carbocycles. The van der Waals surface area contributed by atoms with E-state index in [0.29, 0.717) is 24.4 Å². The van der Waals surface area contributed by atoms with Crippen molar-refractivity contribution in [3.8, 4) is 5.75 Å². The number of hydrogen-bond acceptors (Lipinski definition) is 4. The normalized spacial score (nSPS) is 16.2. The molecule has 0 N–H and O–H groups in total. The molecule has 7 heteroatoms. The molecule has 0 bridgehead atoms. The molecule has 0 aliphatic carbocycles. The van der Waals surface area contributed by atoms with Crippen molar-refractivity contribution < 1.29 is 19.1 Å². The number of esters is 1. The number of nitrogens with zero attached hydrogens (tertiary/aromatic N) is 2. The van der Waals surface area contributed by atoms with Crippen LogP contribution in [0.25, 0.3) is 0 Å². The number of urea groups is 1. The van der Waals surface area contributed by atoms with E-state index in [1.54, 1.807) is 48.1 Å². The number of halogens is 1. The smallest absolute Gasteiger partial charge is 0.336 e. The molecule has 6 nitrogen and oxygen atoms in total. The van der Waals surface area contributed by atoms with Gasteiger partial charge in [0, 0.05) is 23.2 Å². The SMILES string of the molecule is COC(=O)C(C)(c1cccc(OC)c1)N1CCN(c2ccc(Br)cc2)C1=O. The molecule has 1 aliphatic heterocycles. The average Bonchev–Trinajstić information content (AvgIpc) is 3.09. The van der Waals surface area contributed by atoms with Gasteiger partial charge in [0.15, 0.2) is 5.54 Å². The maximum Gasteiger partial charge on any atom is 0.336 e. The molecule has 27 heavy (non-hydrogen) atoms. The van der Waals surface area contributed by atoms with Crippen LogP contribution >= 0.6 is 15.9 Å². The Hall–Kier alpha value is -2.54. The van der Waals surface area contributed by atoms with Crippen LogP contribution in [0.3, 0.4) is 0 Å². The van der Waals surface area contributed by atoms with E-state index >= 15 is 0 Å². The highest BCUT2D eigenvalue weighted by Gasteiger charge is 2.49. The van der Waals surface area contributed by atoms with Gasteiger partial charge in [-0.1, -0.05) is 28.1 Å². The molecule has 142 valence electrons. The number of hydrogen-bond donors (Lipinski definition) is 0. The topological polar surface area (TPSA) is 59.1 Å². The fraction of sp³-hybridized carbons (Fsp3) is 0.300. The fourth-order valence-corrected chi connectivity index (χ4v) is 3.59. The van der Waals surface area contributed by atoms with Gasteiger partial charge in [-0.2, -0.15) is 0 Å². The summed E-state index contributed by atoms with van der Waals surface area (Å²) in [6.45, 7) is 2.59. The lowest BCUT2D eigenvalue weighted by molar-refractivity contribution is -0.152. The Balaban J connectivity index is 1.99. The highest BCUT2D eigenvalue weighted by molar-refractivity contribution is 9.10. The van der Waals surface area contributed by atoms with E-state index in [0.717, 1.165) is 10.2 Å². The monoisotopic (exact) mass is 432 g/mol. The van der Waals surface area contributed by atoms with Crippen molar-refractivity contribution in [3.63, 3.8) is 0 Å². The Morgan fingerprint density at radius 2 is 1.81 bits per heavy atom. The Kier molecular flexibility index (Phi) is 5.41. The van der Waals surface area contributed by atoms with Gasteiger partial charge in [0.05, 0.1) is 14.2 Å². The first-order valence-electron chi connectivity index (χ1n) is 8.49. The van der Waals surface area contributed by atoms with Crippen LogP contribution in [0, 0.1) is 0 Å². The summed E-state index contributed by atoms with van der Waals surface area (Å²) in [5, 5.41) is 0. The van der Waals surface area contributed by atoms with E-state index in [4.69, 9.17) is 9.47 Å². The maximum absolute atomic E-state index is 13.2. The molecule has 0 spiro atoms. The molecular weight excluding hydrogens is 412 g/mol. The highest BCUT2D eigenvalue weighted by atomic mass is 79.9. The predicted molar refractivity (Wildman–Crippen MR) is 106 cm³/mol. The number of carbonyl (C=O) groups excluding carboxylic acids is 2. The van der Waals surface area contributed by atoms with E-state index in [9.17, 15) is 9.59 Å². The van der Waals surface area contributed by atoms with Gasteiger partial charge in [-0.15, -0.1) is 0 Å². The van der Waals surface area contributed by atoms with Crippen molar-refractivity contribution in [2.75, 3.05) is 32.2 Å². The summed E-state index contributed by atoms with van der Waals surface area (Å²) in [5.41, 5.74) is 0.160. The van der Waals surface area contributed by atoms with E-state index in [-0.39, 0.29) is 6.03 Å². The molecular formula is C20H21BrN2O4. The second-order valence-electron chi connectivity index (χ2n) is 6.36. The van der Waals surface area contributed by atoms with Crippen LogP contribution in [0.5, 0.6) is 5.75 Å². The molecule has 0 aromatic heterocycles. The van der Waals surface area contributed by atoms with Crippen molar-refractivity contribution in [2.24, 2.45) is 0 Å². The van der Waals surface area contributed by atoms with Crippen LogP contribution in [0.2, 0.25) is 0 Å². The Labute approximate surface area is 166 Å². The Morgan fingerprint density at radius 1 is 1.11 bits per heavy atom. The molecule has 0 saturated carbocycles. The Morgan fingerprint density at radius 3 is 2.44 bits per heavy atom. The van der Waals surface area contributed by atoms with Gasteiger partial charge in [-0.05, 0) is 48.9 Å². The number of methoxy groups -OCH3 is 2. The van der Waals surface area contributed by atoms with Crippen LogP contribution in [0.15, 0.2) is 53.0 Å². The van der Waals surface area contributed by atoms with E-state index in [2.05, 4.69) is 15.9 Å². The van der Waals surface area contributed by atoms with Gasteiger partial charge in [-0.3, -0.25) is 4.90 Å². The number of anilines is 1. The fourth-order valence-electron chi connectivity index (χ4n) is 3.32.